The molecular formula is C24H32N2O4S2. The van der Waals surface area contributed by atoms with Crippen LogP contribution in [0.25, 0.3) is 0 Å². The number of rotatable bonds is 8. The fraction of sp³-hybridized carbons (Fsp3) is 0.625. The van der Waals surface area contributed by atoms with Crippen LogP contribution < -0.4 is 5.32 Å². The number of nitrogens with one attached hydrogen (secondary N) is 1. The summed E-state index contributed by atoms with van der Waals surface area (Å²) in [5.74, 6) is 1.31. The van der Waals surface area contributed by atoms with Crippen molar-refractivity contribution in [3.05, 3.63) is 35.4 Å². The number of ether oxygens (including phenoxy) is 2. The third-order valence-corrected chi connectivity index (χ3v) is 8.45. The van der Waals surface area contributed by atoms with Gasteiger partial charge in [-0.15, -0.1) is 11.8 Å². The molecule has 6 nitrogen and oxygen atoms in total. The number of methoxy groups -OCH3 is 2. The predicted octanol–water partition coefficient (Wildman–Crippen LogP) is 2.62. The molecule has 8 heteroatoms. The number of carbonyl (C=O) groups excluding carboxylic acids is 2. The standard InChI is InChI=1S/C24H32N2O4S2/c1-29-24(30-2)18-13-32-14-26(18)23(28)22-21(20(31)12-25-22)19(27)10-8-15-7-9-16-5-3-4-6-17(16)11-15/h3-6,15,18,21-22,24-25H,7-14H2,1-2H3/t15-,18-,21?,22-/m0/s1. The lowest BCUT2D eigenvalue weighted by Crippen LogP contribution is -2.53. The van der Waals surface area contributed by atoms with Crippen molar-refractivity contribution in [2.24, 2.45) is 11.8 Å². The highest BCUT2D eigenvalue weighted by Gasteiger charge is 2.46. The molecule has 4 rings (SSSR count). The van der Waals surface area contributed by atoms with Crippen molar-refractivity contribution in [1.82, 2.24) is 10.2 Å². The number of hydrogen-bond acceptors (Lipinski definition) is 7. The number of amides is 1. The van der Waals surface area contributed by atoms with E-state index >= 15 is 0 Å². The fourth-order valence-corrected chi connectivity index (χ4v) is 6.79. The first-order valence-corrected chi connectivity index (χ1v) is 12.9. The van der Waals surface area contributed by atoms with Crippen LogP contribution in [0.15, 0.2) is 24.3 Å². The lowest BCUT2D eigenvalue weighted by molar-refractivity contribution is -0.157. The van der Waals surface area contributed by atoms with E-state index in [1.54, 1.807) is 30.9 Å². The summed E-state index contributed by atoms with van der Waals surface area (Å²) in [7, 11) is 3.16. The fourth-order valence-electron chi connectivity index (χ4n) is 5.24. The molecule has 174 valence electrons. The van der Waals surface area contributed by atoms with Gasteiger partial charge in [-0.05, 0) is 42.7 Å². The second-order valence-electron chi connectivity index (χ2n) is 8.90. The number of fused-ring (bicyclic) bond motifs is 1. The molecule has 2 fully saturated rings. The first-order chi connectivity index (χ1) is 15.5. The van der Waals surface area contributed by atoms with Crippen LogP contribution in [-0.2, 0) is 31.9 Å². The number of Topliss-reactive ketones (excluding diaryl/α,β-unsaturated/α-hetero) is 1. The van der Waals surface area contributed by atoms with Crippen molar-refractivity contribution in [2.75, 3.05) is 32.4 Å². The van der Waals surface area contributed by atoms with Crippen molar-refractivity contribution in [1.29, 1.82) is 0 Å². The van der Waals surface area contributed by atoms with Crippen molar-refractivity contribution in [2.45, 2.75) is 50.5 Å². The maximum absolute atomic E-state index is 13.4. The number of thioether (sulfide) groups is 1. The van der Waals surface area contributed by atoms with E-state index in [0.29, 0.717) is 29.6 Å². The topological polar surface area (TPSA) is 67.9 Å². The summed E-state index contributed by atoms with van der Waals surface area (Å²) in [6.07, 6.45) is 4.06. The molecule has 0 spiro atoms. The minimum atomic E-state index is -0.586. The van der Waals surface area contributed by atoms with Gasteiger partial charge in [0.15, 0.2) is 6.29 Å². The molecule has 1 amide bonds. The van der Waals surface area contributed by atoms with E-state index in [2.05, 4.69) is 29.6 Å². The van der Waals surface area contributed by atoms with Crippen molar-refractivity contribution in [3.8, 4) is 0 Å². The summed E-state index contributed by atoms with van der Waals surface area (Å²) in [5.41, 5.74) is 2.84. The Bertz CT molecular complexity index is 860. The summed E-state index contributed by atoms with van der Waals surface area (Å²) in [6.45, 7) is 0.433. The van der Waals surface area contributed by atoms with Gasteiger partial charge in [0.2, 0.25) is 5.91 Å². The Kier molecular flexibility index (Phi) is 8.00. The lowest BCUT2D eigenvalue weighted by atomic mass is 9.80. The van der Waals surface area contributed by atoms with Crippen molar-refractivity contribution < 1.29 is 19.1 Å². The van der Waals surface area contributed by atoms with E-state index in [1.807, 2.05) is 0 Å². The average Bonchev–Trinajstić information content (AvgIpc) is 3.45. The average molecular weight is 477 g/mol. The van der Waals surface area contributed by atoms with E-state index < -0.39 is 18.2 Å². The van der Waals surface area contributed by atoms with Crippen LogP contribution in [0.3, 0.4) is 0 Å². The van der Waals surface area contributed by atoms with Crippen LogP contribution in [0.1, 0.15) is 30.4 Å². The first-order valence-electron chi connectivity index (χ1n) is 11.3. The van der Waals surface area contributed by atoms with Gasteiger partial charge in [-0.2, -0.15) is 0 Å². The SMILES string of the molecule is COC(OC)[C@@H]1CSCN1C(=O)[C@H]1NCC(=S)C1C(=O)CC[C@@H]1CCc2ccccc2C1. The Morgan fingerprint density at radius 2 is 2.00 bits per heavy atom. The van der Waals surface area contributed by atoms with Gasteiger partial charge in [-0.3, -0.25) is 9.59 Å². The molecule has 2 saturated heterocycles. The Balaban J connectivity index is 1.38. The molecule has 1 aromatic rings. The molecule has 0 aromatic heterocycles. The van der Waals surface area contributed by atoms with Gasteiger partial charge in [-0.1, -0.05) is 36.5 Å². The largest absolute Gasteiger partial charge is 0.354 e. The van der Waals surface area contributed by atoms with Crippen LogP contribution in [0.5, 0.6) is 0 Å². The number of carbonyl (C=O) groups is 2. The van der Waals surface area contributed by atoms with E-state index in [9.17, 15) is 9.59 Å². The highest BCUT2D eigenvalue weighted by atomic mass is 32.2. The van der Waals surface area contributed by atoms with Crippen molar-refractivity contribution >= 4 is 40.5 Å². The van der Waals surface area contributed by atoms with E-state index in [4.69, 9.17) is 21.7 Å². The highest BCUT2D eigenvalue weighted by molar-refractivity contribution is 7.99. The zero-order valence-corrected chi connectivity index (χ0v) is 20.4. The summed E-state index contributed by atoms with van der Waals surface area (Å²) in [6, 6.07) is 7.84. The summed E-state index contributed by atoms with van der Waals surface area (Å²) in [4.78, 5) is 29.1. The van der Waals surface area contributed by atoms with Gasteiger partial charge in [0.05, 0.1) is 17.8 Å². The van der Waals surface area contributed by atoms with Gasteiger partial charge >= 0.3 is 0 Å². The summed E-state index contributed by atoms with van der Waals surface area (Å²) in [5, 5.41) is 3.22. The second-order valence-corrected chi connectivity index (χ2v) is 10.4. The second kappa shape index (κ2) is 10.7. The highest BCUT2D eigenvalue weighted by Crippen LogP contribution is 2.31. The lowest BCUT2D eigenvalue weighted by Gasteiger charge is -2.32. The Hall–Kier alpha value is -1.32. The third kappa shape index (κ3) is 4.94. The normalized spacial score (nSPS) is 27.7. The number of benzene rings is 1. The van der Waals surface area contributed by atoms with Crippen LogP contribution in [0.4, 0.5) is 0 Å². The molecule has 2 aliphatic heterocycles. The van der Waals surface area contributed by atoms with E-state index in [-0.39, 0.29) is 17.7 Å². The monoisotopic (exact) mass is 476 g/mol. The van der Waals surface area contributed by atoms with Gasteiger partial charge in [0.25, 0.3) is 0 Å². The number of thiocarbonyl (C=S) groups is 1. The Morgan fingerprint density at radius 3 is 2.75 bits per heavy atom. The van der Waals surface area contributed by atoms with Gasteiger partial charge in [-0.25, -0.2) is 0 Å². The Morgan fingerprint density at radius 1 is 1.25 bits per heavy atom. The third-order valence-electron chi connectivity index (χ3n) is 7.02. The number of ketones is 1. The molecule has 3 aliphatic rings. The zero-order chi connectivity index (χ0) is 22.7. The molecule has 1 aliphatic carbocycles. The summed E-state index contributed by atoms with van der Waals surface area (Å²) < 4.78 is 10.8. The van der Waals surface area contributed by atoms with Crippen LogP contribution in [0, 0.1) is 11.8 Å². The summed E-state index contributed by atoms with van der Waals surface area (Å²) >= 11 is 7.20. The van der Waals surface area contributed by atoms with Gasteiger partial charge < -0.3 is 19.7 Å². The van der Waals surface area contributed by atoms with E-state index in [1.165, 1.54) is 11.1 Å². The molecule has 2 heterocycles. The Labute approximate surface area is 199 Å². The van der Waals surface area contributed by atoms with Crippen LogP contribution >= 0.6 is 24.0 Å². The number of aryl methyl sites for hydroxylation is 1. The molecule has 0 bridgehead atoms. The molecule has 4 atom stereocenters. The van der Waals surface area contributed by atoms with Crippen LogP contribution in [-0.4, -0.2) is 72.2 Å². The van der Waals surface area contributed by atoms with Crippen LogP contribution in [0.2, 0.25) is 0 Å². The minimum absolute atomic E-state index is 0.0797. The smallest absolute Gasteiger partial charge is 0.241 e. The number of nitrogens with zero attached hydrogens (tertiary/aromatic N) is 1. The molecule has 1 unspecified atom stereocenters. The zero-order valence-electron chi connectivity index (χ0n) is 18.7. The minimum Gasteiger partial charge on any atom is -0.354 e. The molecule has 1 aromatic carbocycles. The van der Waals surface area contributed by atoms with E-state index in [0.717, 1.165) is 31.4 Å². The molecule has 32 heavy (non-hydrogen) atoms. The molecular weight excluding hydrogens is 444 g/mol. The predicted molar refractivity (Wildman–Crippen MR) is 130 cm³/mol. The molecule has 1 N–H and O–H groups in total. The maximum atomic E-state index is 13.4. The molecule has 0 radical (unpaired) electrons. The van der Waals surface area contributed by atoms with Crippen molar-refractivity contribution in [3.63, 3.8) is 0 Å². The maximum Gasteiger partial charge on any atom is 0.241 e. The molecule has 0 saturated carbocycles. The first kappa shape index (κ1) is 23.8. The number of hydrogen-bond donors (Lipinski definition) is 1. The quantitative estimate of drug-likeness (QED) is 0.457. The van der Waals surface area contributed by atoms with Gasteiger partial charge in [0, 0.05) is 37.8 Å². The van der Waals surface area contributed by atoms with Gasteiger partial charge in [0.1, 0.15) is 11.8 Å².